The monoisotopic (exact) mass is 114 g/mol. The number of halogens is 1. The summed E-state index contributed by atoms with van der Waals surface area (Å²) in [7, 11) is 3.80. The molecule has 0 aliphatic carbocycles. The predicted octanol–water partition coefficient (Wildman–Crippen LogP) is 1.38. The van der Waals surface area contributed by atoms with Gasteiger partial charge in [-0.15, -0.1) is 0 Å². The highest BCUT2D eigenvalue weighted by Gasteiger charge is 2.02. The van der Waals surface area contributed by atoms with Crippen LogP contribution < -0.4 is 0 Å². The molecule has 0 saturated carbocycles. The van der Waals surface area contributed by atoms with Crippen LogP contribution in [0, 0.1) is 0 Å². The molecule has 32 valence electrons. The number of alkyl halides is 1. The summed E-state index contributed by atoms with van der Waals surface area (Å²) >= 11 is 0. The molecule has 2 unspecified atom stereocenters. The molecule has 3 heteroatoms. The van der Waals surface area contributed by atoms with E-state index in [4.69, 9.17) is 1.37 Å². The lowest BCUT2D eigenvalue weighted by Gasteiger charge is -1.99. The fraction of sp³-hybridized carbons (Fsp3) is 1.00. The van der Waals surface area contributed by atoms with E-state index in [2.05, 4.69) is 0 Å². The first-order chi connectivity index (χ1) is 2.56. The normalized spacial score (nSPS) is 14.6. The summed E-state index contributed by atoms with van der Waals surface area (Å²) in [6.07, 6.45) is 0. The minimum atomic E-state index is -1.46. The van der Waals surface area contributed by atoms with Gasteiger partial charge in [0, 0.05) is 1.37 Å². The summed E-state index contributed by atoms with van der Waals surface area (Å²) in [5.41, 5.74) is 0. The van der Waals surface area contributed by atoms with Gasteiger partial charge in [-0.2, -0.15) is 0 Å². The number of rotatable bonds is 0. The maximum Gasteiger partial charge on any atom is 0.133 e. The summed E-state index contributed by atoms with van der Waals surface area (Å²) in [5.74, 6) is 0. The molecule has 0 saturated heterocycles. The lowest BCUT2D eigenvalue weighted by atomic mass is 10.9. The Bertz CT molecular complexity index is 41.3. The van der Waals surface area contributed by atoms with Crippen molar-refractivity contribution in [1.29, 1.82) is 0 Å². The van der Waals surface area contributed by atoms with Gasteiger partial charge in [-0.05, 0) is 6.90 Å². The molecule has 0 aromatic heterocycles. The van der Waals surface area contributed by atoms with Gasteiger partial charge in [-0.25, -0.2) is 4.39 Å². The molecule has 0 rings (SSSR count). The third kappa shape index (κ3) is 59.7. The van der Waals surface area contributed by atoms with E-state index in [1.165, 1.54) is 0 Å². The fourth-order valence-corrected chi connectivity index (χ4v) is 0. The SMILES string of the molecule is [3H]CC(F)(P)P. The average Bonchev–Trinajstić information content (AvgIpc) is 1.35. The molecule has 0 N–H and O–H groups in total. The molecule has 0 aromatic carbocycles. The van der Waals surface area contributed by atoms with Gasteiger partial charge in [0.05, 0.1) is 0 Å². The zero-order chi connectivity index (χ0) is 5.21. The second-order valence-corrected chi connectivity index (χ2v) is 3.51. The van der Waals surface area contributed by atoms with Crippen LogP contribution in [0.3, 0.4) is 0 Å². The first kappa shape index (κ1) is 3.96. The highest BCUT2D eigenvalue weighted by atomic mass is 31.1. The van der Waals surface area contributed by atoms with Crippen LogP contribution in [-0.2, 0) is 0 Å². The molecule has 2 atom stereocenters. The smallest absolute Gasteiger partial charge is 0.133 e. The standard InChI is InChI=1S/C2H7FP2/c1-2(3,4)5/h4-5H2,1H3/i1T. The van der Waals surface area contributed by atoms with Crippen molar-refractivity contribution < 1.29 is 5.76 Å². The highest BCUT2D eigenvalue weighted by Crippen LogP contribution is 2.25. The molecule has 0 aliphatic heterocycles. The largest absolute Gasteiger partial charge is 0.235 e. The molecule has 0 amide bonds. The van der Waals surface area contributed by atoms with E-state index >= 15 is 0 Å². The maximum absolute atomic E-state index is 11.9. The molecule has 0 fully saturated rings. The Hall–Kier alpha value is 0.790. The van der Waals surface area contributed by atoms with Crippen molar-refractivity contribution in [3.05, 3.63) is 0 Å². The van der Waals surface area contributed by atoms with Crippen LogP contribution >= 0.6 is 18.5 Å². The van der Waals surface area contributed by atoms with Gasteiger partial charge in [-0.1, -0.05) is 18.5 Å². The molecular weight excluding hydrogens is 105 g/mol. The van der Waals surface area contributed by atoms with Crippen LogP contribution in [0.15, 0.2) is 0 Å². The average molecular weight is 114 g/mol. The molecule has 5 heavy (non-hydrogen) atoms. The van der Waals surface area contributed by atoms with Crippen LogP contribution in [0.25, 0.3) is 0 Å². The predicted molar refractivity (Wildman–Crippen MR) is 28.9 cm³/mol. The summed E-state index contributed by atoms with van der Waals surface area (Å²) < 4.78 is 18.3. The maximum atomic E-state index is 11.9. The van der Waals surface area contributed by atoms with Gasteiger partial charge in [0.25, 0.3) is 0 Å². The second-order valence-electron chi connectivity index (χ2n) is 0.927. The van der Waals surface area contributed by atoms with Gasteiger partial charge in [0.15, 0.2) is 0 Å². The van der Waals surface area contributed by atoms with Gasteiger partial charge in [0.1, 0.15) is 5.15 Å². The Kier molecular flexibility index (Phi) is 1.18. The topological polar surface area (TPSA) is 0 Å². The van der Waals surface area contributed by atoms with E-state index in [-0.39, 0.29) is 6.90 Å². The first-order valence-corrected chi connectivity index (χ1v) is 2.27. The molecule has 0 aliphatic rings. The van der Waals surface area contributed by atoms with Gasteiger partial charge < -0.3 is 0 Å². The van der Waals surface area contributed by atoms with Crippen molar-refractivity contribution in [2.24, 2.45) is 0 Å². The van der Waals surface area contributed by atoms with Crippen molar-refractivity contribution in [3.8, 4) is 0 Å². The van der Waals surface area contributed by atoms with Crippen LogP contribution in [-0.4, -0.2) is 5.15 Å². The van der Waals surface area contributed by atoms with E-state index < -0.39 is 5.15 Å². The van der Waals surface area contributed by atoms with Crippen molar-refractivity contribution in [1.82, 2.24) is 0 Å². The molecule has 0 aromatic rings. The van der Waals surface area contributed by atoms with E-state index in [1.54, 1.807) is 0 Å². The van der Waals surface area contributed by atoms with Crippen molar-refractivity contribution in [2.45, 2.75) is 12.1 Å². The van der Waals surface area contributed by atoms with Crippen molar-refractivity contribution in [3.63, 3.8) is 0 Å². The minimum absolute atomic E-state index is 0.220. The highest BCUT2D eigenvalue weighted by molar-refractivity contribution is 7.39. The van der Waals surface area contributed by atoms with E-state index in [1.807, 2.05) is 18.5 Å². The lowest BCUT2D eigenvalue weighted by molar-refractivity contribution is 0.441. The lowest BCUT2D eigenvalue weighted by Crippen LogP contribution is -1.87. The Morgan fingerprint density at radius 2 is 2.20 bits per heavy atom. The number of hydrogen-bond donors (Lipinski definition) is 0. The molecule has 0 heterocycles. The molecule has 0 bridgehead atoms. The quantitative estimate of drug-likeness (QED) is 0.417. The van der Waals surface area contributed by atoms with Gasteiger partial charge >= 0.3 is 0 Å². The van der Waals surface area contributed by atoms with Gasteiger partial charge in [-0.3, -0.25) is 0 Å². The Balaban J connectivity index is 3.17. The molecule has 0 radical (unpaired) electrons. The van der Waals surface area contributed by atoms with Crippen molar-refractivity contribution in [2.75, 3.05) is 0 Å². The summed E-state index contributed by atoms with van der Waals surface area (Å²) in [6, 6.07) is 0. The second kappa shape index (κ2) is 1.49. The van der Waals surface area contributed by atoms with Gasteiger partial charge in [0.2, 0.25) is 0 Å². The third-order valence-corrected chi connectivity index (χ3v) is 0. The van der Waals surface area contributed by atoms with Crippen LogP contribution in [0.2, 0.25) is 0 Å². The molecule has 0 nitrogen and oxygen atoms in total. The fourth-order valence-electron chi connectivity index (χ4n) is 0. The zero-order valence-electron chi connectivity index (χ0n) is 3.74. The first-order valence-electron chi connectivity index (χ1n) is 1.83. The zero-order valence-corrected chi connectivity index (χ0v) is 5.05. The molecular formula is C2H7FP2. The summed E-state index contributed by atoms with van der Waals surface area (Å²) in [6.45, 7) is -0.220. The molecule has 0 spiro atoms. The summed E-state index contributed by atoms with van der Waals surface area (Å²) in [5, 5.41) is -1.46. The van der Waals surface area contributed by atoms with Crippen LogP contribution in [0.5, 0.6) is 0 Å². The Labute approximate surface area is 37.3 Å². The Morgan fingerprint density at radius 1 is 2.00 bits per heavy atom. The Morgan fingerprint density at radius 3 is 2.20 bits per heavy atom. The third-order valence-electron chi connectivity index (χ3n) is 0. The summed E-state index contributed by atoms with van der Waals surface area (Å²) in [4.78, 5) is 0. The number of hydrogen-bond acceptors (Lipinski definition) is 0. The van der Waals surface area contributed by atoms with Crippen LogP contribution in [0.1, 0.15) is 8.27 Å². The van der Waals surface area contributed by atoms with Crippen LogP contribution in [0.4, 0.5) is 4.39 Å². The van der Waals surface area contributed by atoms with Crippen molar-refractivity contribution >= 4 is 18.5 Å². The van der Waals surface area contributed by atoms with E-state index in [0.29, 0.717) is 0 Å². The minimum Gasteiger partial charge on any atom is -0.235 e. The van der Waals surface area contributed by atoms with E-state index in [0.717, 1.165) is 0 Å². The van der Waals surface area contributed by atoms with E-state index in [9.17, 15) is 4.39 Å².